The van der Waals surface area contributed by atoms with Gasteiger partial charge in [0.05, 0.1) is 12.7 Å². The Morgan fingerprint density at radius 2 is 1.50 bits per heavy atom. The average molecular weight is 380 g/mol. The van der Waals surface area contributed by atoms with Crippen LogP contribution in [-0.2, 0) is 9.53 Å². The summed E-state index contributed by atoms with van der Waals surface area (Å²) in [4.78, 5) is 36.5. The van der Waals surface area contributed by atoms with Crippen LogP contribution in [0.25, 0.3) is 0 Å². The maximum atomic E-state index is 12.5. The summed E-state index contributed by atoms with van der Waals surface area (Å²) >= 11 is 0. The molecule has 28 heavy (non-hydrogen) atoms. The molecule has 6 heteroatoms. The molecule has 2 aromatic carbocycles. The first-order chi connectivity index (χ1) is 13.6. The number of carbonyl (C=O) groups excluding carboxylic acids is 3. The normalized spacial score (nSPS) is 14.2. The average Bonchev–Trinajstić information content (AvgIpc) is 2.74. The Balaban J connectivity index is 1.66. The van der Waals surface area contributed by atoms with Gasteiger partial charge in [-0.05, 0) is 49.2 Å². The van der Waals surface area contributed by atoms with Gasteiger partial charge in [0.25, 0.3) is 5.91 Å². The van der Waals surface area contributed by atoms with Gasteiger partial charge in [-0.25, -0.2) is 4.79 Å². The van der Waals surface area contributed by atoms with Gasteiger partial charge in [-0.3, -0.25) is 9.59 Å². The van der Waals surface area contributed by atoms with Crippen molar-refractivity contribution < 1.29 is 19.1 Å². The first-order valence-corrected chi connectivity index (χ1v) is 9.47. The Morgan fingerprint density at radius 1 is 0.857 bits per heavy atom. The second-order valence-electron chi connectivity index (χ2n) is 6.93. The summed E-state index contributed by atoms with van der Waals surface area (Å²) in [6.07, 6.45) is 5.25. The first-order valence-electron chi connectivity index (χ1n) is 9.47. The molecular formula is C22H24N2O4. The molecule has 6 nitrogen and oxygen atoms in total. The van der Waals surface area contributed by atoms with Crippen LogP contribution in [0.3, 0.4) is 0 Å². The predicted octanol–water partition coefficient (Wildman–Crippen LogP) is 4.24. The number of anilines is 2. The molecule has 146 valence electrons. The lowest BCUT2D eigenvalue weighted by atomic mass is 9.88. The maximum absolute atomic E-state index is 12.5. The standard InChI is InChI=1S/C22H24N2O4/c1-28-22(27)17-10-5-9-16(13-17)21(26)24-19-12-6-11-18(14-19)23-20(25)15-7-3-2-4-8-15/h5-6,9-15H,2-4,7-8H2,1H3,(H,23,25)(H,24,26). The van der Waals surface area contributed by atoms with Crippen LogP contribution in [0, 0.1) is 5.92 Å². The summed E-state index contributed by atoms with van der Waals surface area (Å²) in [6, 6.07) is 13.4. The first kappa shape index (κ1) is 19.6. The number of rotatable bonds is 5. The van der Waals surface area contributed by atoms with E-state index in [1.807, 2.05) is 0 Å². The SMILES string of the molecule is COC(=O)c1cccc(C(=O)Nc2cccc(NC(=O)C3CCCCC3)c2)c1. The van der Waals surface area contributed by atoms with Gasteiger partial charge < -0.3 is 15.4 Å². The largest absolute Gasteiger partial charge is 0.465 e. The van der Waals surface area contributed by atoms with Crippen LogP contribution in [0.15, 0.2) is 48.5 Å². The van der Waals surface area contributed by atoms with Crippen LogP contribution in [0.5, 0.6) is 0 Å². The molecule has 1 aliphatic rings. The van der Waals surface area contributed by atoms with Crippen molar-refractivity contribution in [2.45, 2.75) is 32.1 Å². The Morgan fingerprint density at radius 3 is 2.21 bits per heavy atom. The highest BCUT2D eigenvalue weighted by Crippen LogP contribution is 2.25. The lowest BCUT2D eigenvalue weighted by molar-refractivity contribution is -0.120. The van der Waals surface area contributed by atoms with Gasteiger partial charge in [-0.15, -0.1) is 0 Å². The summed E-state index contributed by atoms with van der Waals surface area (Å²) in [5.41, 5.74) is 1.87. The number of methoxy groups -OCH3 is 1. The van der Waals surface area contributed by atoms with E-state index in [2.05, 4.69) is 15.4 Å². The molecule has 0 unspecified atom stereocenters. The lowest BCUT2D eigenvalue weighted by Gasteiger charge is -2.20. The molecule has 0 heterocycles. The smallest absolute Gasteiger partial charge is 0.337 e. The van der Waals surface area contributed by atoms with E-state index >= 15 is 0 Å². The van der Waals surface area contributed by atoms with Crippen molar-refractivity contribution in [3.05, 3.63) is 59.7 Å². The molecule has 0 bridgehead atoms. The van der Waals surface area contributed by atoms with Crippen molar-refractivity contribution in [1.82, 2.24) is 0 Å². The minimum atomic E-state index is -0.498. The van der Waals surface area contributed by atoms with Crippen molar-refractivity contribution in [1.29, 1.82) is 0 Å². The third kappa shape index (κ3) is 4.97. The zero-order chi connectivity index (χ0) is 19.9. The highest BCUT2D eigenvalue weighted by Gasteiger charge is 2.21. The third-order valence-electron chi connectivity index (χ3n) is 4.91. The van der Waals surface area contributed by atoms with Crippen molar-refractivity contribution in [2.24, 2.45) is 5.92 Å². The number of benzene rings is 2. The highest BCUT2D eigenvalue weighted by atomic mass is 16.5. The maximum Gasteiger partial charge on any atom is 0.337 e. The summed E-state index contributed by atoms with van der Waals surface area (Å²) in [5, 5.41) is 5.74. The van der Waals surface area contributed by atoms with Gasteiger partial charge in [0.1, 0.15) is 0 Å². The zero-order valence-electron chi connectivity index (χ0n) is 15.9. The van der Waals surface area contributed by atoms with E-state index in [1.54, 1.807) is 42.5 Å². The molecule has 2 aromatic rings. The molecule has 2 amide bonds. The molecular weight excluding hydrogens is 356 g/mol. The minimum absolute atomic E-state index is 0.0361. The zero-order valence-corrected chi connectivity index (χ0v) is 15.9. The summed E-state index contributed by atoms with van der Waals surface area (Å²) < 4.78 is 4.68. The van der Waals surface area contributed by atoms with E-state index in [4.69, 9.17) is 0 Å². The number of ether oxygens (including phenoxy) is 1. The summed E-state index contributed by atoms with van der Waals surface area (Å²) in [5.74, 6) is -0.745. The van der Waals surface area contributed by atoms with Crippen molar-refractivity contribution in [3.8, 4) is 0 Å². The van der Waals surface area contributed by atoms with Gasteiger partial charge >= 0.3 is 5.97 Å². The monoisotopic (exact) mass is 380 g/mol. The quantitative estimate of drug-likeness (QED) is 0.760. The fourth-order valence-electron chi connectivity index (χ4n) is 3.39. The lowest BCUT2D eigenvalue weighted by Crippen LogP contribution is -2.24. The number of hydrogen-bond acceptors (Lipinski definition) is 4. The molecule has 1 fully saturated rings. The van der Waals surface area contributed by atoms with Gasteiger partial charge in [-0.2, -0.15) is 0 Å². The van der Waals surface area contributed by atoms with Gasteiger partial charge in [0.15, 0.2) is 0 Å². The Hall–Kier alpha value is -3.15. The molecule has 0 atom stereocenters. The minimum Gasteiger partial charge on any atom is -0.465 e. The third-order valence-corrected chi connectivity index (χ3v) is 4.91. The Bertz CT molecular complexity index is 872. The van der Waals surface area contributed by atoms with E-state index in [9.17, 15) is 14.4 Å². The van der Waals surface area contributed by atoms with E-state index in [0.717, 1.165) is 25.7 Å². The van der Waals surface area contributed by atoms with Crippen LogP contribution < -0.4 is 10.6 Å². The number of carbonyl (C=O) groups is 3. The van der Waals surface area contributed by atoms with E-state index < -0.39 is 5.97 Å². The fraction of sp³-hybridized carbons (Fsp3) is 0.318. The highest BCUT2D eigenvalue weighted by molar-refractivity contribution is 6.06. The van der Waals surface area contributed by atoms with Crippen molar-refractivity contribution >= 4 is 29.2 Å². The summed E-state index contributed by atoms with van der Waals surface area (Å²) in [6.45, 7) is 0. The summed E-state index contributed by atoms with van der Waals surface area (Å²) in [7, 11) is 1.29. The van der Waals surface area contributed by atoms with Crippen LogP contribution in [0.4, 0.5) is 11.4 Å². The van der Waals surface area contributed by atoms with Crippen LogP contribution in [0.2, 0.25) is 0 Å². The van der Waals surface area contributed by atoms with E-state index in [-0.39, 0.29) is 17.7 Å². The Kier molecular flexibility index (Phi) is 6.42. The number of esters is 1. The topological polar surface area (TPSA) is 84.5 Å². The van der Waals surface area contributed by atoms with Crippen LogP contribution in [-0.4, -0.2) is 24.9 Å². The molecule has 0 saturated heterocycles. The Labute approximate surface area is 164 Å². The second-order valence-corrected chi connectivity index (χ2v) is 6.93. The molecule has 1 saturated carbocycles. The molecule has 1 aliphatic carbocycles. The van der Waals surface area contributed by atoms with Gasteiger partial charge in [0.2, 0.25) is 5.91 Å². The van der Waals surface area contributed by atoms with Crippen LogP contribution >= 0.6 is 0 Å². The van der Waals surface area contributed by atoms with Gasteiger partial charge in [-0.1, -0.05) is 31.4 Å². The molecule has 0 aromatic heterocycles. The van der Waals surface area contributed by atoms with E-state index in [0.29, 0.717) is 22.5 Å². The second kappa shape index (κ2) is 9.17. The number of hydrogen-bond donors (Lipinski definition) is 2. The molecule has 3 rings (SSSR count). The fourth-order valence-corrected chi connectivity index (χ4v) is 3.39. The number of amides is 2. The predicted molar refractivity (Wildman–Crippen MR) is 107 cm³/mol. The van der Waals surface area contributed by atoms with E-state index in [1.165, 1.54) is 19.6 Å². The molecule has 0 aliphatic heterocycles. The van der Waals surface area contributed by atoms with Gasteiger partial charge in [0, 0.05) is 22.9 Å². The van der Waals surface area contributed by atoms with Crippen molar-refractivity contribution in [3.63, 3.8) is 0 Å². The molecule has 2 N–H and O–H groups in total. The molecule has 0 spiro atoms. The van der Waals surface area contributed by atoms with Crippen molar-refractivity contribution in [2.75, 3.05) is 17.7 Å². The van der Waals surface area contributed by atoms with Crippen LogP contribution in [0.1, 0.15) is 52.8 Å². The number of nitrogens with one attached hydrogen (secondary N) is 2. The molecule has 0 radical (unpaired) electrons.